The van der Waals surface area contributed by atoms with E-state index in [-0.39, 0.29) is 5.91 Å². The van der Waals surface area contributed by atoms with Crippen molar-refractivity contribution in [2.75, 3.05) is 18.8 Å². The van der Waals surface area contributed by atoms with Gasteiger partial charge in [-0.05, 0) is 43.5 Å². The van der Waals surface area contributed by atoms with Crippen LogP contribution in [0.4, 0.5) is 5.69 Å². The molecule has 2 aromatic rings. The van der Waals surface area contributed by atoms with Gasteiger partial charge in [-0.25, -0.2) is 0 Å². The molecule has 4 heteroatoms. The molecule has 3 rings (SSSR count). The third-order valence-corrected chi connectivity index (χ3v) is 3.81. The highest BCUT2D eigenvalue weighted by molar-refractivity contribution is 5.83. The zero-order chi connectivity index (χ0) is 13.9. The van der Waals surface area contributed by atoms with Crippen molar-refractivity contribution in [1.29, 1.82) is 0 Å². The second kappa shape index (κ2) is 5.49. The van der Waals surface area contributed by atoms with E-state index >= 15 is 0 Å². The molecule has 0 unspecified atom stereocenters. The highest BCUT2D eigenvalue weighted by Gasteiger charge is 2.17. The fraction of sp³-hybridized carbons (Fsp3) is 0.375. The number of aromatic nitrogens is 1. The molecule has 0 aliphatic carbocycles. The minimum atomic E-state index is 0.187. The van der Waals surface area contributed by atoms with E-state index < -0.39 is 0 Å². The SMILES string of the molecule is Nc1ccc2nc(CC(=O)N3CCCCC3)ccc2c1. The van der Waals surface area contributed by atoms with Gasteiger partial charge in [0, 0.05) is 24.2 Å². The molecular weight excluding hydrogens is 250 g/mol. The number of likely N-dealkylation sites (tertiary alicyclic amines) is 1. The lowest BCUT2D eigenvalue weighted by molar-refractivity contribution is -0.131. The molecule has 2 N–H and O–H groups in total. The number of nitrogens with zero attached hydrogens (tertiary/aromatic N) is 2. The first-order valence-electron chi connectivity index (χ1n) is 7.15. The summed E-state index contributed by atoms with van der Waals surface area (Å²) < 4.78 is 0. The Morgan fingerprint density at radius 1 is 1.15 bits per heavy atom. The van der Waals surface area contributed by atoms with Crippen LogP contribution in [0.1, 0.15) is 25.0 Å². The molecule has 1 fully saturated rings. The van der Waals surface area contributed by atoms with Crippen molar-refractivity contribution >= 4 is 22.5 Å². The molecule has 104 valence electrons. The van der Waals surface area contributed by atoms with Crippen molar-refractivity contribution in [2.45, 2.75) is 25.7 Å². The van der Waals surface area contributed by atoms with Crippen LogP contribution in [0.5, 0.6) is 0 Å². The predicted molar refractivity (Wildman–Crippen MR) is 80.3 cm³/mol. The fourth-order valence-electron chi connectivity index (χ4n) is 2.69. The molecule has 0 bridgehead atoms. The first kappa shape index (κ1) is 12.9. The maximum atomic E-state index is 12.2. The van der Waals surface area contributed by atoms with Gasteiger partial charge in [-0.2, -0.15) is 0 Å². The Morgan fingerprint density at radius 3 is 2.75 bits per heavy atom. The molecule has 0 radical (unpaired) electrons. The number of fused-ring (bicyclic) bond motifs is 1. The molecule has 1 aromatic heterocycles. The number of hydrogen-bond acceptors (Lipinski definition) is 3. The van der Waals surface area contributed by atoms with Crippen LogP contribution in [0.15, 0.2) is 30.3 Å². The predicted octanol–water partition coefficient (Wildman–Crippen LogP) is 2.37. The van der Waals surface area contributed by atoms with Crippen LogP contribution < -0.4 is 5.73 Å². The summed E-state index contributed by atoms with van der Waals surface area (Å²) in [5, 5.41) is 1.01. The van der Waals surface area contributed by atoms with Crippen molar-refractivity contribution in [3.05, 3.63) is 36.0 Å². The number of carbonyl (C=O) groups is 1. The van der Waals surface area contributed by atoms with Crippen molar-refractivity contribution in [2.24, 2.45) is 0 Å². The van der Waals surface area contributed by atoms with Gasteiger partial charge in [-0.3, -0.25) is 9.78 Å². The lowest BCUT2D eigenvalue weighted by atomic mass is 10.1. The lowest BCUT2D eigenvalue weighted by Gasteiger charge is -2.26. The molecule has 1 amide bonds. The first-order valence-corrected chi connectivity index (χ1v) is 7.15. The molecule has 4 nitrogen and oxygen atoms in total. The van der Waals surface area contributed by atoms with E-state index in [1.807, 2.05) is 35.2 Å². The molecule has 0 saturated carbocycles. The Morgan fingerprint density at radius 2 is 1.95 bits per heavy atom. The molecular formula is C16H19N3O. The molecule has 1 saturated heterocycles. The van der Waals surface area contributed by atoms with Crippen LogP contribution in [0.3, 0.4) is 0 Å². The highest BCUT2D eigenvalue weighted by atomic mass is 16.2. The van der Waals surface area contributed by atoms with Crippen molar-refractivity contribution in [3.63, 3.8) is 0 Å². The molecule has 20 heavy (non-hydrogen) atoms. The van der Waals surface area contributed by atoms with E-state index in [0.717, 1.165) is 48.2 Å². The summed E-state index contributed by atoms with van der Waals surface area (Å²) in [4.78, 5) is 18.7. The number of benzene rings is 1. The molecule has 0 spiro atoms. The van der Waals surface area contributed by atoms with Gasteiger partial charge < -0.3 is 10.6 Å². The van der Waals surface area contributed by atoms with E-state index in [1.165, 1.54) is 6.42 Å². The van der Waals surface area contributed by atoms with Gasteiger partial charge in [0.05, 0.1) is 17.6 Å². The van der Waals surface area contributed by atoms with Crippen LogP contribution in [-0.4, -0.2) is 28.9 Å². The number of pyridine rings is 1. The minimum Gasteiger partial charge on any atom is -0.399 e. The third kappa shape index (κ3) is 2.74. The van der Waals surface area contributed by atoms with Gasteiger partial charge in [-0.15, -0.1) is 0 Å². The quantitative estimate of drug-likeness (QED) is 0.851. The number of nitrogens with two attached hydrogens (primary N) is 1. The second-order valence-electron chi connectivity index (χ2n) is 5.37. The van der Waals surface area contributed by atoms with Crippen molar-refractivity contribution in [3.8, 4) is 0 Å². The van der Waals surface area contributed by atoms with Gasteiger partial charge in [0.15, 0.2) is 0 Å². The van der Waals surface area contributed by atoms with Crippen LogP contribution in [-0.2, 0) is 11.2 Å². The Balaban J connectivity index is 1.76. The molecule has 1 aliphatic rings. The van der Waals surface area contributed by atoms with Gasteiger partial charge in [0.25, 0.3) is 0 Å². The number of nitrogen functional groups attached to an aromatic ring is 1. The molecule has 1 aromatic carbocycles. The van der Waals surface area contributed by atoms with Crippen molar-refractivity contribution in [1.82, 2.24) is 9.88 Å². The Labute approximate surface area is 118 Å². The highest BCUT2D eigenvalue weighted by Crippen LogP contribution is 2.17. The first-order chi connectivity index (χ1) is 9.72. The summed E-state index contributed by atoms with van der Waals surface area (Å²) in [6.45, 7) is 1.78. The molecule has 2 heterocycles. The zero-order valence-electron chi connectivity index (χ0n) is 11.5. The van der Waals surface area contributed by atoms with E-state index in [1.54, 1.807) is 0 Å². The number of carbonyl (C=O) groups excluding carboxylic acids is 1. The number of amides is 1. The van der Waals surface area contributed by atoms with Gasteiger partial charge >= 0.3 is 0 Å². The largest absolute Gasteiger partial charge is 0.399 e. The van der Waals surface area contributed by atoms with Gasteiger partial charge in [0.2, 0.25) is 5.91 Å². The zero-order valence-corrected chi connectivity index (χ0v) is 11.5. The van der Waals surface area contributed by atoms with Crippen LogP contribution in [0.25, 0.3) is 10.9 Å². The number of rotatable bonds is 2. The summed E-state index contributed by atoms with van der Waals surface area (Å²) in [7, 11) is 0. The summed E-state index contributed by atoms with van der Waals surface area (Å²) in [6.07, 6.45) is 3.87. The number of anilines is 1. The summed E-state index contributed by atoms with van der Waals surface area (Å²) in [5.41, 5.74) is 8.21. The van der Waals surface area contributed by atoms with Crippen molar-refractivity contribution < 1.29 is 4.79 Å². The second-order valence-corrected chi connectivity index (χ2v) is 5.37. The monoisotopic (exact) mass is 269 g/mol. The van der Waals surface area contributed by atoms with E-state index in [9.17, 15) is 4.79 Å². The van der Waals surface area contributed by atoms with Crippen LogP contribution >= 0.6 is 0 Å². The molecule has 1 aliphatic heterocycles. The number of hydrogen-bond donors (Lipinski definition) is 1. The molecule has 0 atom stereocenters. The van der Waals surface area contributed by atoms with E-state index in [0.29, 0.717) is 6.42 Å². The maximum Gasteiger partial charge on any atom is 0.228 e. The standard InChI is InChI=1S/C16H19N3O/c17-13-5-7-15-12(10-13)4-6-14(18-15)11-16(20)19-8-2-1-3-9-19/h4-7,10H,1-3,8-9,11,17H2. The lowest BCUT2D eigenvalue weighted by Crippen LogP contribution is -2.36. The average Bonchev–Trinajstić information content (AvgIpc) is 2.48. The summed E-state index contributed by atoms with van der Waals surface area (Å²) >= 11 is 0. The normalized spacial score (nSPS) is 15.5. The Hall–Kier alpha value is -2.10. The van der Waals surface area contributed by atoms with E-state index in [4.69, 9.17) is 5.73 Å². The summed E-state index contributed by atoms with van der Waals surface area (Å²) in [6, 6.07) is 9.55. The Bertz CT molecular complexity index is 633. The van der Waals surface area contributed by atoms with E-state index in [2.05, 4.69) is 4.98 Å². The maximum absolute atomic E-state index is 12.2. The fourth-order valence-corrected chi connectivity index (χ4v) is 2.69. The van der Waals surface area contributed by atoms with Crippen LogP contribution in [0.2, 0.25) is 0 Å². The summed E-state index contributed by atoms with van der Waals surface area (Å²) in [5.74, 6) is 0.187. The minimum absolute atomic E-state index is 0.187. The number of piperidine rings is 1. The van der Waals surface area contributed by atoms with Gasteiger partial charge in [-0.1, -0.05) is 6.07 Å². The average molecular weight is 269 g/mol. The third-order valence-electron chi connectivity index (χ3n) is 3.81. The topological polar surface area (TPSA) is 59.2 Å². The smallest absolute Gasteiger partial charge is 0.228 e. The Kier molecular flexibility index (Phi) is 3.54. The van der Waals surface area contributed by atoms with Gasteiger partial charge in [0.1, 0.15) is 0 Å². The van der Waals surface area contributed by atoms with Crippen LogP contribution in [0, 0.1) is 0 Å².